The lowest BCUT2D eigenvalue weighted by molar-refractivity contribution is -0.135. The van der Waals surface area contributed by atoms with Gasteiger partial charge in [-0.3, -0.25) is 9.59 Å². The van der Waals surface area contributed by atoms with Crippen LogP contribution >= 0.6 is 0 Å². The minimum Gasteiger partial charge on any atom is -0.292 e. The van der Waals surface area contributed by atoms with Crippen molar-refractivity contribution in [3.63, 3.8) is 0 Å². The largest absolute Gasteiger partial charge is 0.292 e. The molecule has 0 saturated carbocycles. The van der Waals surface area contributed by atoms with Crippen LogP contribution in [0.4, 0.5) is 0 Å². The number of rotatable bonds is 8. The fourth-order valence-corrected chi connectivity index (χ4v) is 2.01. The molecule has 0 unspecified atom stereocenters. The molecule has 0 bridgehead atoms. The third kappa shape index (κ3) is 4.59. The van der Waals surface area contributed by atoms with Crippen molar-refractivity contribution in [1.29, 1.82) is 0 Å². The maximum atomic E-state index is 11.7. The Labute approximate surface area is 109 Å². The smallest absolute Gasteiger partial charge is 0.250 e. The van der Waals surface area contributed by atoms with E-state index >= 15 is 0 Å². The van der Waals surface area contributed by atoms with Crippen molar-refractivity contribution in [2.24, 2.45) is 5.10 Å². The second-order valence-electron chi connectivity index (χ2n) is 4.83. The van der Waals surface area contributed by atoms with Crippen molar-refractivity contribution in [3.05, 3.63) is 0 Å². The Morgan fingerprint density at radius 1 is 1.06 bits per heavy atom. The van der Waals surface area contributed by atoms with Crippen LogP contribution in [0.3, 0.4) is 0 Å². The summed E-state index contributed by atoms with van der Waals surface area (Å²) in [7, 11) is 0. The minimum atomic E-state index is -0.143. The van der Waals surface area contributed by atoms with Crippen LogP contribution in [0.5, 0.6) is 0 Å². The van der Waals surface area contributed by atoms with Gasteiger partial charge in [0.25, 0.3) is 5.91 Å². The molecule has 0 fully saturated rings. The van der Waals surface area contributed by atoms with Gasteiger partial charge in [0, 0.05) is 6.54 Å². The quantitative estimate of drug-likeness (QED) is 0.492. The molecule has 0 aromatic carbocycles. The van der Waals surface area contributed by atoms with Gasteiger partial charge >= 0.3 is 0 Å². The highest BCUT2D eigenvalue weighted by atomic mass is 16.2. The zero-order chi connectivity index (χ0) is 13.4. The Morgan fingerprint density at radius 3 is 2.39 bits per heavy atom. The number of carbonyl (C=O) groups is 2. The number of ketones is 1. The Hall–Kier alpha value is -1.19. The van der Waals surface area contributed by atoms with Crippen molar-refractivity contribution in [3.8, 4) is 0 Å². The van der Waals surface area contributed by atoms with Gasteiger partial charge in [0.05, 0.1) is 6.42 Å². The first-order valence-electron chi connectivity index (χ1n) is 7.10. The topological polar surface area (TPSA) is 49.7 Å². The first-order valence-corrected chi connectivity index (χ1v) is 7.10. The van der Waals surface area contributed by atoms with E-state index in [0.29, 0.717) is 18.7 Å². The molecule has 18 heavy (non-hydrogen) atoms. The molecule has 4 heteroatoms. The lowest BCUT2D eigenvalue weighted by atomic mass is 10.0. The first-order chi connectivity index (χ1) is 8.69. The van der Waals surface area contributed by atoms with Crippen molar-refractivity contribution >= 4 is 17.4 Å². The predicted molar refractivity (Wildman–Crippen MR) is 72.4 cm³/mol. The SMILES string of the molecule is CCCCCC1=NN(CCCCC)C(=O)CC1=O. The molecule has 1 rings (SSSR count). The summed E-state index contributed by atoms with van der Waals surface area (Å²) in [6.07, 6.45) is 7.12. The molecule has 0 atom stereocenters. The van der Waals surface area contributed by atoms with Crippen LogP contribution in [0.1, 0.15) is 65.2 Å². The molecule has 0 spiro atoms. The normalized spacial score (nSPS) is 16.1. The highest BCUT2D eigenvalue weighted by Crippen LogP contribution is 2.12. The Kier molecular flexibility index (Phi) is 6.61. The van der Waals surface area contributed by atoms with Crippen LogP contribution in [0.15, 0.2) is 5.10 Å². The minimum absolute atomic E-state index is 0.0110. The van der Waals surface area contributed by atoms with E-state index in [9.17, 15) is 9.59 Å². The molecule has 4 nitrogen and oxygen atoms in total. The number of nitrogens with zero attached hydrogens (tertiary/aromatic N) is 2. The van der Waals surface area contributed by atoms with E-state index in [-0.39, 0.29) is 18.1 Å². The summed E-state index contributed by atoms with van der Waals surface area (Å²) in [5.41, 5.74) is 0.597. The molecular weight excluding hydrogens is 228 g/mol. The van der Waals surface area contributed by atoms with E-state index in [1.165, 1.54) is 5.01 Å². The average molecular weight is 252 g/mol. The van der Waals surface area contributed by atoms with Gasteiger partial charge in [-0.2, -0.15) is 5.10 Å². The number of hydrazone groups is 1. The van der Waals surface area contributed by atoms with Crippen molar-refractivity contribution < 1.29 is 9.59 Å². The van der Waals surface area contributed by atoms with Gasteiger partial charge in [-0.15, -0.1) is 0 Å². The summed E-state index contributed by atoms with van der Waals surface area (Å²) in [5.74, 6) is -0.224. The van der Waals surface area contributed by atoms with Crippen LogP contribution in [-0.4, -0.2) is 29.0 Å². The van der Waals surface area contributed by atoms with Crippen LogP contribution < -0.4 is 0 Å². The maximum absolute atomic E-state index is 11.7. The van der Waals surface area contributed by atoms with Gasteiger partial charge in [-0.1, -0.05) is 39.5 Å². The van der Waals surface area contributed by atoms with Gasteiger partial charge in [-0.05, 0) is 19.3 Å². The molecule has 0 aromatic heterocycles. The summed E-state index contributed by atoms with van der Waals surface area (Å²) in [6.45, 7) is 4.91. The Balaban J connectivity index is 2.54. The second kappa shape index (κ2) is 8.01. The zero-order valence-electron chi connectivity index (χ0n) is 11.6. The van der Waals surface area contributed by atoms with E-state index in [0.717, 1.165) is 38.5 Å². The van der Waals surface area contributed by atoms with Crippen LogP contribution in [0, 0.1) is 0 Å². The monoisotopic (exact) mass is 252 g/mol. The molecule has 1 heterocycles. The van der Waals surface area contributed by atoms with Gasteiger partial charge in [-0.25, -0.2) is 5.01 Å². The van der Waals surface area contributed by atoms with E-state index in [4.69, 9.17) is 0 Å². The highest BCUT2D eigenvalue weighted by molar-refractivity contribution is 6.43. The van der Waals surface area contributed by atoms with Crippen LogP contribution in [-0.2, 0) is 9.59 Å². The Bertz CT molecular complexity index is 324. The van der Waals surface area contributed by atoms with Crippen molar-refractivity contribution in [2.75, 3.05) is 6.54 Å². The molecule has 0 aliphatic carbocycles. The number of unbranched alkanes of at least 4 members (excludes halogenated alkanes) is 4. The number of Topliss-reactive ketones (excluding diaryl/α,β-unsaturated/α-hetero) is 1. The van der Waals surface area contributed by atoms with E-state index in [1.807, 2.05) is 0 Å². The molecule has 1 aliphatic rings. The van der Waals surface area contributed by atoms with Crippen LogP contribution in [0.25, 0.3) is 0 Å². The lowest BCUT2D eigenvalue weighted by Crippen LogP contribution is -2.37. The molecule has 0 saturated heterocycles. The fraction of sp³-hybridized carbons (Fsp3) is 0.786. The summed E-state index contributed by atoms with van der Waals surface area (Å²) < 4.78 is 0. The molecule has 0 aromatic rings. The second-order valence-corrected chi connectivity index (χ2v) is 4.83. The van der Waals surface area contributed by atoms with Gasteiger partial charge in [0.15, 0.2) is 5.78 Å². The molecule has 1 aliphatic heterocycles. The summed E-state index contributed by atoms with van der Waals surface area (Å²) in [4.78, 5) is 23.4. The summed E-state index contributed by atoms with van der Waals surface area (Å²) in [6, 6.07) is 0. The van der Waals surface area contributed by atoms with Gasteiger partial charge in [0.1, 0.15) is 5.71 Å². The van der Waals surface area contributed by atoms with E-state index in [1.54, 1.807) is 0 Å². The van der Waals surface area contributed by atoms with Crippen molar-refractivity contribution in [2.45, 2.75) is 65.2 Å². The van der Waals surface area contributed by atoms with Gasteiger partial charge < -0.3 is 0 Å². The predicted octanol–water partition coefficient (Wildman–Crippen LogP) is 2.91. The van der Waals surface area contributed by atoms with Crippen LogP contribution in [0.2, 0.25) is 0 Å². The van der Waals surface area contributed by atoms with Crippen molar-refractivity contribution in [1.82, 2.24) is 5.01 Å². The summed E-state index contributed by atoms with van der Waals surface area (Å²) in [5, 5.41) is 5.74. The molecule has 1 amide bonds. The molecule has 102 valence electrons. The first kappa shape index (κ1) is 14.9. The number of amides is 1. The number of hydrogen-bond donors (Lipinski definition) is 0. The average Bonchev–Trinajstić information content (AvgIpc) is 2.34. The molecule has 0 radical (unpaired) electrons. The maximum Gasteiger partial charge on any atom is 0.250 e. The van der Waals surface area contributed by atoms with E-state index in [2.05, 4.69) is 18.9 Å². The number of carbonyl (C=O) groups excluding carboxylic acids is 2. The Morgan fingerprint density at radius 2 is 1.72 bits per heavy atom. The number of hydrogen-bond acceptors (Lipinski definition) is 3. The van der Waals surface area contributed by atoms with E-state index < -0.39 is 0 Å². The third-order valence-corrected chi connectivity index (χ3v) is 3.15. The van der Waals surface area contributed by atoms with Gasteiger partial charge in [0.2, 0.25) is 0 Å². The fourth-order valence-electron chi connectivity index (χ4n) is 2.01. The summed E-state index contributed by atoms with van der Waals surface area (Å²) >= 11 is 0. The molecular formula is C14H24N2O2. The zero-order valence-corrected chi connectivity index (χ0v) is 11.6. The lowest BCUT2D eigenvalue weighted by Gasteiger charge is -2.22. The third-order valence-electron chi connectivity index (χ3n) is 3.15. The molecule has 0 N–H and O–H groups in total. The highest BCUT2D eigenvalue weighted by Gasteiger charge is 2.26. The standard InChI is InChI=1S/C14H24N2O2/c1-3-5-7-9-12-13(17)11-14(18)16(15-12)10-8-6-4-2/h3-11H2,1-2H3.